The number of fused-ring (bicyclic) bond motifs is 1. The van der Waals surface area contributed by atoms with Gasteiger partial charge in [-0.3, -0.25) is 19.8 Å². The number of rotatable bonds is 4. The summed E-state index contributed by atoms with van der Waals surface area (Å²) in [6.45, 7) is 0. The minimum atomic E-state index is -0.183. The summed E-state index contributed by atoms with van der Waals surface area (Å²) in [5.41, 5.74) is 8.76. The van der Waals surface area contributed by atoms with E-state index in [1.54, 1.807) is 37.9 Å². The molecule has 25 heavy (non-hydrogen) atoms. The molecule has 0 bridgehead atoms. The largest absolute Gasteiger partial charge is 0.403 e. The van der Waals surface area contributed by atoms with E-state index in [9.17, 15) is 4.79 Å². The SMILES string of the molecule is CN=CC(=CN)n1ccc(=O)c(/C=C/c2ccc3nccnc3c2)n1. The summed E-state index contributed by atoms with van der Waals surface area (Å²) in [7, 11) is 1.63. The maximum absolute atomic E-state index is 12.0. The van der Waals surface area contributed by atoms with Crippen LogP contribution >= 0.6 is 0 Å². The van der Waals surface area contributed by atoms with Gasteiger partial charge in [0.25, 0.3) is 0 Å². The molecule has 0 atom stereocenters. The van der Waals surface area contributed by atoms with Crippen molar-refractivity contribution in [1.29, 1.82) is 0 Å². The van der Waals surface area contributed by atoms with Gasteiger partial charge in [0, 0.05) is 44.1 Å². The molecule has 0 saturated heterocycles. The number of nitrogens with zero attached hydrogens (tertiary/aromatic N) is 5. The van der Waals surface area contributed by atoms with Gasteiger partial charge in [-0.25, -0.2) is 4.68 Å². The highest BCUT2D eigenvalue weighted by Crippen LogP contribution is 2.13. The zero-order valence-electron chi connectivity index (χ0n) is 13.6. The number of nitrogens with two attached hydrogens (primary N) is 1. The van der Waals surface area contributed by atoms with Crippen molar-refractivity contribution in [1.82, 2.24) is 19.7 Å². The van der Waals surface area contributed by atoms with Crippen molar-refractivity contribution in [3.05, 3.63) is 70.5 Å². The molecule has 0 unspecified atom stereocenters. The molecular formula is C18H16N6O. The first-order valence-electron chi connectivity index (χ1n) is 7.54. The Morgan fingerprint density at radius 2 is 1.96 bits per heavy atom. The third kappa shape index (κ3) is 3.66. The van der Waals surface area contributed by atoms with Crippen LogP contribution in [0.5, 0.6) is 0 Å². The molecule has 1 aromatic carbocycles. The number of hydrogen-bond donors (Lipinski definition) is 1. The average Bonchev–Trinajstić information content (AvgIpc) is 2.65. The van der Waals surface area contributed by atoms with Crippen LogP contribution in [0.4, 0.5) is 0 Å². The second-order valence-electron chi connectivity index (χ2n) is 5.13. The molecule has 0 fully saturated rings. The van der Waals surface area contributed by atoms with Crippen LogP contribution in [-0.4, -0.2) is 33.0 Å². The third-order valence-corrected chi connectivity index (χ3v) is 3.46. The first kappa shape index (κ1) is 16.3. The van der Waals surface area contributed by atoms with E-state index in [2.05, 4.69) is 20.1 Å². The number of benzene rings is 1. The smallest absolute Gasteiger partial charge is 0.207 e. The van der Waals surface area contributed by atoms with Gasteiger partial charge in [-0.2, -0.15) is 5.10 Å². The first-order chi connectivity index (χ1) is 12.2. The van der Waals surface area contributed by atoms with Gasteiger partial charge in [-0.05, 0) is 23.8 Å². The van der Waals surface area contributed by atoms with Crippen LogP contribution in [0.25, 0.3) is 28.9 Å². The molecule has 0 aliphatic heterocycles. The molecule has 2 aromatic heterocycles. The molecule has 0 spiro atoms. The van der Waals surface area contributed by atoms with E-state index in [-0.39, 0.29) is 5.43 Å². The minimum absolute atomic E-state index is 0.183. The highest BCUT2D eigenvalue weighted by Gasteiger charge is 2.02. The van der Waals surface area contributed by atoms with Crippen molar-refractivity contribution in [2.75, 3.05) is 7.05 Å². The molecular weight excluding hydrogens is 316 g/mol. The number of allylic oxidation sites excluding steroid dienone is 1. The van der Waals surface area contributed by atoms with Crippen molar-refractivity contribution in [2.24, 2.45) is 10.7 Å². The Balaban J connectivity index is 1.95. The Labute approximate surface area is 143 Å². The predicted octanol–water partition coefficient (Wildman–Crippen LogP) is 1.81. The maximum Gasteiger partial charge on any atom is 0.207 e. The van der Waals surface area contributed by atoms with Crippen molar-refractivity contribution in [3.8, 4) is 0 Å². The van der Waals surface area contributed by atoms with E-state index < -0.39 is 0 Å². The second-order valence-corrected chi connectivity index (χ2v) is 5.13. The highest BCUT2D eigenvalue weighted by molar-refractivity contribution is 6.01. The van der Waals surface area contributed by atoms with Crippen molar-refractivity contribution in [2.45, 2.75) is 0 Å². The van der Waals surface area contributed by atoms with E-state index >= 15 is 0 Å². The summed E-state index contributed by atoms with van der Waals surface area (Å²) < 4.78 is 1.50. The summed E-state index contributed by atoms with van der Waals surface area (Å²) in [5.74, 6) is 0. The Morgan fingerprint density at radius 1 is 1.16 bits per heavy atom. The van der Waals surface area contributed by atoms with E-state index in [4.69, 9.17) is 5.73 Å². The molecule has 7 heteroatoms. The second kappa shape index (κ2) is 7.31. The van der Waals surface area contributed by atoms with E-state index in [0.29, 0.717) is 11.4 Å². The Hall–Kier alpha value is -3.61. The van der Waals surface area contributed by atoms with Gasteiger partial charge >= 0.3 is 0 Å². The Morgan fingerprint density at radius 3 is 2.72 bits per heavy atom. The van der Waals surface area contributed by atoms with Crippen LogP contribution < -0.4 is 11.2 Å². The normalized spacial score (nSPS) is 12.4. The maximum atomic E-state index is 12.0. The lowest BCUT2D eigenvalue weighted by Crippen LogP contribution is -2.14. The fraction of sp³-hybridized carbons (Fsp3) is 0.0556. The van der Waals surface area contributed by atoms with Gasteiger partial charge in [0.15, 0.2) is 0 Å². The van der Waals surface area contributed by atoms with Crippen LogP contribution in [0.3, 0.4) is 0 Å². The van der Waals surface area contributed by atoms with Gasteiger partial charge in [-0.15, -0.1) is 0 Å². The zero-order valence-corrected chi connectivity index (χ0v) is 13.6. The Kier molecular flexibility index (Phi) is 4.75. The third-order valence-electron chi connectivity index (χ3n) is 3.46. The Bertz CT molecular complexity index is 1050. The first-order valence-corrected chi connectivity index (χ1v) is 7.54. The van der Waals surface area contributed by atoms with Gasteiger partial charge in [-0.1, -0.05) is 12.1 Å². The lowest BCUT2D eigenvalue weighted by atomic mass is 10.1. The van der Waals surface area contributed by atoms with Crippen LogP contribution in [0.15, 0.2) is 58.8 Å². The van der Waals surface area contributed by atoms with Gasteiger partial charge in [0.1, 0.15) is 5.69 Å². The predicted molar refractivity (Wildman–Crippen MR) is 99.8 cm³/mol. The lowest BCUT2D eigenvalue weighted by molar-refractivity contribution is 0.859. The van der Waals surface area contributed by atoms with Crippen LogP contribution in [-0.2, 0) is 0 Å². The average molecular weight is 332 g/mol. The topological polar surface area (TPSA) is 99.0 Å². The molecule has 0 aliphatic rings. The quantitative estimate of drug-likeness (QED) is 0.735. The molecule has 0 saturated carbocycles. The molecule has 3 aromatic rings. The van der Waals surface area contributed by atoms with Crippen LogP contribution in [0.2, 0.25) is 0 Å². The molecule has 2 N–H and O–H groups in total. The summed E-state index contributed by atoms with van der Waals surface area (Å²) in [4.78, 5) is 24.5. The summed E-state index contributed by atoms with van der Waals surface area (Å²) in [5, 5.41) is 4.29. The fourth-order valence-corrected chi connectivity index (χ4v) is 2.25. The number of aromatic nitrogens is 4. The molecule has 7 nitrogen and oxygen atoms in total. The summed E-state index contributed by atoms with van der Waals surface area (Å²) >= 11 is 0. The van der Waals surface area contributed by atoms with Crippen molar-refractivity contribution >= 4 is 35.1 Å². The molecule has 0 radical (unpaired) electrons. The molecule has 0 amide bonds. The molecule has 124 valence electrons. The minimum Gasteiger partial charge on any atom is -0.403 e. The summed E-state index contributed by atoms with van der Waals surface area (Å²) in [6.07, 6.45) is 11.2. The monoisotopic (exact) mass is 332 g/mol. The van der Waals surface area contributed by atoms with Crippen molar-refractivity contribution in [3.63, 3.8) is 0 Å². The van der Waals surface area contributed by atoms with Crippen LogP contribution in [0.1, 0.15) is 11.3 Å². The molecule has 3 rings (SSSR count). The number of aliphatic imine (C=N–C) groups is 1. The summed E-state index contributed by atoms with van der Waals surface area (Å²) in [6, 6.07) is 7.12. The van der Waals surface area contributed by atoms with E-state index in [1.165, 1.54) is 16.9 Å². The lowest BCUT2D eigenvalue weighted by Gasteiger charge is -2.05. The van der Waals surface area contributed by atoms with Gasteiger partial charge < -0.3 is 5.73 Å². The highest BCUT2D eigenvalue weighted by atomic mass is 16.1. The van der Waals surface area contributed by atoms with E-state index in [1.807, 2.05) is 24.3 Å². The van der Waals surface area contributed by atoms with Crippen LogP contribution in [0, 0.1) is 0 Å². The fourth-order valence-electron chi connectivity index (χ4n) is 2.25. The number of hydrogen-bond acceptors (Lipinski definition) is 6. The molecule has 2 heterocycles. The zero-order chi connectivity index (χ0) is 17.6. The standard InChI is InChI=1S/C18H16N6O/c1-20-12-14(11-19)24-9-6-18(25)16(23-24)5-3-13-2-4-15-17(10-13)22-8-7-21-15/h2-12H,19H2,1H3/b5-3+,14-11?,20-12?. The van der Waals surface area contributed by atoms with Crippen molar-refractivity contribution < 1.29 is 0 Å². The van der Waals surface area contributed by atoms with Gasteiger partial charge in [0.2, 0.25) is 5.43 Å². The molecule has 0 aliphatic carbocycles. The van der Waals surface area contributed by atoms with Gasteiger partial charge in [0.05, 0.1) is 16.7 Å². The van der Waals surface area contributed by atoms with E-state index in [0.717, 1.165) is 16.6 Å².